The Hall–Kier alpha value is -0.0600. The lowest BCUT2D eigenvalue weighted by molar-refractivity contribution is 0.0464. The quantitative estimate of drug-likeness (QED) is 0.904. The number of aliphatic hydroxyl groups is 1. The van der Waals surface area contributed by atoms with Crippen molar-refractivity contribution in [1.82, 2.24) is 0 Å². The van der Waals surface area contributed by atoms with E-state index in [1.165, 1.54) is 12.1 Å². The van der Waals surface area contributed by atoms with Crippen LogP contribution in [0.4, 0.5) is 4.39 Å². The van der Waals surface area contributed by atoms with Gasteiger partial charge in [0.15, 0.2) is 0 Å². The summed E-state index contributed by atoms with van der Waals surface area (Å²) in [7, 11) is 0. The van der Waals surface area contributed by atoms with E-state index in [-0.39, 0.29) is 11.1 Å². The molecule has 2 atom stereocenters. The maximum atomic E-state index is 13.2. The number of benzene rings is 1. The minimum atomic E-state index is -0.683. The van der Waals surface area contributed by atoms with Crippen LogP contribution < -0.4 is 0 Å². The Balaban J connectivity index is 2.20. The van der Waals surface area contributed by atoms with Gasteiger partial charge in [0.1, 0.15) is 5.82 Å². The lowest BCUT2D eigenvalue weighted by Gasteiger charge is -2.26. The van der Waals surface area contributed by atoms with Gasteiger partial charge in [-0.2, -0.15) is 11.8 Å². The molecular formula is C12H14BrFOS. The third-order valence-electron chi connectivity index (χ3n) is 3.09. The van der Waals surface area contributed by atoms with Gasteiger partial charge in [-0.1, -0.05) is 22.9 Å². The first-order valence-corrected chi connectivity index (χ1v) is 7.13. The molecule has 1 aliphatic rings. The van der Waals surface area contributed by atoms with Crippen molar-refractivity contribution in [2.45, 2.75) is 30.6 Å². The van der Waals surface area contributed by atoms with Crippen molar-refractivity contribution in [3.05, 3.63) is 34.1 Å². The molecule has 88 valence electrons. The zero-order chi connectivity index (χ0) is 11.8. The molecule has 0 aromatic heterocycles. The van der Waals surface area contributed by atoms with Gasteiger partial charge >= 0.3 is 0 Å². The normalized spacial score (nSPS) is 29.6. The average Bonchev–Trinajstić information content (AvgIpc) is 2.44. The van der Waals surface area contributed by atoms with Crippen molar-refractivity contribution < 1.29 is 9.50 Å². The summed E-state index contributed by atoms with van der Waals surface area (Å²) in [6, 6.07) is 4.80. The summed E-state index contributed by atoms with van der Waals surface area (Å²) in [5, 5.41) is 10.7. The number of thioether (sulfide) groups is 1. The Labute approximate surface area is 108 Å². The second-order valence-electron chi connectivity index (χ2n) is 4.32. The second-order valence-corrected chi connectivity index (χ2v) is 6.69. The SMILES string of the molecule is CC1SCCC1(O)Cc1cc(F)cc(Br)c1. The van der Waals surface area contributed by atoms with Gasteiger partial charge in [0.05, 0.1) is 5.60 Å². The molecule has 0 amide bonds. The molecule has 1 aromatic rings. The molecule has 4 heteroatoms. The largest absolute Gasteiger partial charge is 0.388 e. The minimum Gasteiger partial charge on any atom is -0.388 e. The Morgan fingerprint density at radius 1 is 1.56 bits per heavy atom. The summed E-state index contributed by atoms with van der Waals surface area (Å²) < 4.78 is 13.9. The van der Waals surface area contributed by atoms with Crippen molar-refractivity contribution in [3.8, 4) is 0 Å². The summed E-state index contributed by atoms with van der Waals surface area (Å²) in [4.78, 5) is 0. The molecule has 16 heavy (non-hydrogen) atoms. The van der Waals surface area contributed by atoms with Gasteiger partial charge in [0, 0.05) is 16.1 Å². The molecule has 2 rings (SSSR count). The Morgan fingerprint density at radius 3 is 2.88 bits per heavy atom. The first-order valence-electron chi connectivity index (χ1n) is 5.28. The lowest BCUT2D eigenvalue weighted by Crippen LogP contribution is -2.36. The van der Waals surface area contributed by atoms with Crippen LogP contribution in [0.3, 0.4) is 0 Å². The molecule has 1 saturated heterocycles. The number of rotatable bonds is 2. The van der Waals surface area contributed by atoms with Gasteiger partial charge in [-0.25, -0.2) is 4.39 Å². The van der Waals surface area contributed by atoms with E-state index in [0.717, 1.165) is 22.2 Å². The molecule has 0 spiro atoms. The maximum absolute atomic E-state index is 13.2. The zero-order valence-corrected chi connectivity index (χ0v) is 11.4. The molecule has 1 aliphatic heterocycles. The highest BCUT2D eigenvalue weighted by Crippen LogP contribution is 2.38. The predicted octanol–water partition coefficient (Wildman–Crippen LogP) is 3.39. The average molecular weight is 305 g/mol. The van der Waals surface area contributed by atoms with Crippen LogP contribution in [-0.2, 0) is 6.42 Å². The topological polar surface area (TPSA) is 20.2 Å². The fourth-order valence-electron chi connectivity index (χ4n) is 2.07. The van der Waals surface area contributed by atoms with Gasteiger partial charge in [0.25, 0.3) is 0 Å². The zero-order valence-electron chi connectivity index (χ0n) is 9.04. The fraction of sp³-hybridized carbons (Fsp3) is 0.500. The van der Waals surface area contributed by atoms with Crippen LogP contribution in [0, 0.1) is 5.82 Å². The Morgan fingerprint density at radius 2 is 2.31 bits per heavy atom. The fourth-order valence-corrected chi connectivity index (χ4v) is 3.92. The van der Waals surface area contributed by atoms with Gasteiger partial charge < -0.3 is 5.11 Å². The van der Waals surface area contributed by atoms with Gasteiger partial charge in [0.2, 0.25) is 0 Å². The molecule has 2 unspecified atom stereocenters. The number of halogens is 2. The van der Waals surface area contributed by atoms with Crippen LogP contribution in [0.25, 0.3) is 0 Å². The molecule has 1 N–H and O–H groups in total. The molecule has 0 radical (unpaired) electrons. The van der Waals surface area contributed by atoms with Crippen LogP contribution in [0.5, 0.6) is 0 Å². The monoisotopic (exact) mass is 304 g/mol. The summed E-state index contributed by atoms with van der Waals surface area (Å²) in [5.41, 5.74) is 0.168. The molecule has 1 fully saturated rings. The summed E-state index contributed by atoms with van der Waals surface area (Å²) in [6.45, 7) is 2.03. The van der Waals surface area contributed by atoms with E-state index in [2.05, 4.69) is 15.9 Å². The van der Waals surface area contributed by atoms with Crippen molar-refractivity contribution in [1.29, 1.82) is 0 Å². The van der Waals surface area contributed by atoms with Gasteiger partial charge in [-0.3, -0.25) is 0 Å². The van der Waals surface area contributed by atoms with Crippen molar-refractivity contribution >= 4 is 27.7 Å². The standard InChI is InChI=1S/C12H14BrFOS/c1-8-12(15,2-3-16-8)7-9-4-10(13)6-11(14)5-9/h4-6,8,15H,2-3,7H2,1H3. The number of hydrogen-bond donors (Lipinski definition) is 1. The summed E-state index contributed by atoms with van der Waals surface area (Å²) in [6.07, 6.45) is 1.31. The molecule has 0 saturated carbocycles. The van der Waals surface area contributed by atoms with E-state index in [1.807, 2.05) is 13.0 Å². The first kappa shape index (κ1) is 12.4. The summed E-state index contributed by atoms with van der Waals surface area (Å²) in [5.74, 6) is 0.722. The Bertz CT molecular complexity index is 378. The van der Waals surface area contributed by atoms with Crippen LogP contribution in [0.1, 0.15) is 18.9 Å². The van der Waals surface area contributed by atoms with Crippen molar-refractivity contribution in [3.63, 3.8) is 0 Å². The third kappa shape index (κ3) is 2.60. The highest BCUT2D eigenvalue weighted by atomic mass is 79.9. The minimum absolute atomic E-state index is 0.217. The van der Waals surface area contributed by atoms with Crippen LogP contribution in [-0.4, -0.2) is 21.7 Å². The summed E-state index contributed by atoms with van der Waals surface area (Å²) >= 11 is 5.04. The van der Waals surface area contributed by atoms with E-state index in [4.69, 9.17) is 0 Å². The smallest absolute Gasteiger partial charge is 0.124 e. The maximum Gasteiger partial charge on any atom is 0.124 e. The Kier molecular flexibility index (Phi) is 3.62. The first-order chi connectivity index (χ1) is 7.49. The lowest BCUT2D eigenvalue weighted by atomic mass is 9.89. The van der Waals surface area contributed by atoms with Crippen molar-refractivity contribution in [2.75, 3.05) is 5.75 Å². The van der Waals surface area contributed by atoms with Crippen LogP contribution in [0.15, 0.2) is 22.7 Å². The third-order valence-corrected chi connectivity index (χ3v) is 4.93. The van der Waals surface area contributed by atoms with E-state index in [1.54, 1.807) is 11.8 Å². The van der Waals surface area contributed by atoms with Crippen LogP contribution >= 0.6 is 27.7 Å². The highest BCUT2D eigenvalue weighted by molar-refractivity contribution is 9.10. The van der Waals surface area contributed by atoms with E-state index < -0.39 is 5.60 Å². The van der Waals surface area contributed by atoms with E-state index >= 15 is 0 Å². The van der Waals surface area contributed by atoms with Crippen LogP contribution in [0.2, 0.25) is 0 Å². The second kappa shape index (κ2) is 4.67. The van der Waals surface area contributed by atoms with Crippen molar-refractivity contribution in [2.24, 2.45) is 0 Å². The molecule has 1 nitrogen and oxygen atoms in total. The van der Waals surface area contributed by atoms with Gasteiger partial charge in [-0.05, 0) is 35.9 Å². The molecule has 0 aliphatic carbocycles. The molecular weight excluding hydrogens is 291 g/mol. The van der Waals surface area contributed by atoms with Gasteiger partial charge in [-0.15, -0.1) is 0 Å². The molecule has 1 aromatic carbocycles. The predicted molar refractivity (Wildman–Crippen MR) is 69.3 cm³/mol. The molecule has 0 bridgehead atoms. The van der Waals surface area contributed by atoms with E-state index in [9.17, 15) is 9.50 Å². The molecule has 1 heterocycles. The highest BCUT2D eigenvalue weighted by Gasteiger charge is 2.38. The number of hydrogen-bond acceptors (Lipinski definition) is 2. The van der Waals surface area contributed by atoms with E-state index in [0.29, 0.717) is 6.42 Å².